The summed E-state index contributed by atoms with van der Waals surface area (Å²) in [4.78, 5) is 42.5. The van der Waals surface area contributed by atoms with Gasteiger partial charge in [0.25, 0.3) is 11.8 Å². The van der Waals surface area contributed by atoms with Crippen molar-refractivity contribution in [1.82, 2.24) is 9.80 Å². The van der Waals surface area contributed by atoms with E-state index in [0.717, 1.165) is 0 Å². The van der Waals surface area contributed by atoms with Crippen LogP contribution in [-0.4, -0.2) is 63.9 Å². The molecular formula is C23H24ClFN2O5. The number of halogens is 2. The number of rotatable bonds is 4. The number of allylic oxidation sites excluding steroid dienone is 1. The summed E-state index contributed by atoms with van der Waals surface area (Å²) in [6.45, 7) is 0.812. The Labute approximate surface area is 189 Å². The summed E-state index contributed by atoms with van der Waals surface area (Å²) >= 11 is 5.84. The summed E-state index contributed by atoms with van der Waals surface area (Å²) in [6.07, 6.45) is 2.12. The molecule has 0 aromatic heterocycles. The Bertz CT molecular complexity index is 1050. The largest absolute Gasteiger partial charge is 0.504 e. The topological polar surface area (TPSA) is 98.2 Å². The van der Waals surface area contributed by atoms with E-state index in [4.69, 9.17) is 11.6 Å². The van der Waals surface area contributed by atoms with E-state index >= 15 is 0 Å². The number of aliphatic hydroxyl groups is 2. The van der Waals surface area contributed by atoms with Gasteiger partial charge in [-0.2, -0.15) is 0 Å². The Morgan fingerprint density at radius 1 is 1.09 bits per heavy atom. The van der Waals surface area contributed by atoms with Crippen LogP contribution in [0.4, 0.5) is 4.39 Å². The van der Waals surface area contributed by atoms with Gasteiger partial charge in [-0.15, -0.1) is 0 Å². The van der Waals surface area contributed by atoms with Crippen molar-refractivity contribution < 1.29 is 29.0 Å². The summed E-state index contributed by atoms with van der Waals surface area (Å²) in [5, 5.41) is 20.0. The van der Waals surface area contributed by atoms with Crippen molar-refractivity contribution in [2.24, 2.45) is 5.92 Å². The van der Waals surface area contributed by atoms with Crippen LogP contribution in [0.1, 0.15) is 31.2 Å². The number of β-amino-alcohol motifs (C(OH)–C–C–N with tert-alkyl or cyclic N) is 1. The first-order valence-electron chi connectivity index (χ1n) is 10.7. The van der Waals surface area contributed by atoms with Crippen molar-refractivity contribution in [2.45, 2.75) is 32.2 Å². The van der Waals surface area contributed by atoms with Gasteiger partial charge in [0.2, 0.25) is 5.78 Å². The molecule has 2 amide bonds. The highest BCUT2D eigenvalue weighted by Gasteiger charge is 2.45. The predicted molar refractivity (Wildman–Crippen MR) is 114 cm³/mol. The standard InChI is InChI=1S/C23H24ClFN2O5/c24-16-11-13(4-5-17(16)25)12-27-8-6-14-18-15(20(29)21(30)19(14)23(27)32)3-1-2-7-26(9-10-28)22(18)31/h4-5,11,15,28,30H,1-3,6-10,12H2. The van der Waals surface area contributed by atoms with Crippen molar-refractivity contribution in [3.63, 3.8) is 0 Å². The van der Waals surface area contributed by atoms with Crippen molar-refractivity contribution in [3.05, 3.63) is 57.1 Å². The van der Waals surface area contributed by atoms with E-state index in [1.54, 1.807) is 0 Å². The van der Waals surface area contributed by atoms with E-state index in [9.17, 15) is 29.0 Å². The molecule has 0 saturated carbocycles. The Hall–Kier alpha value is -2.71. The van der Waals surface area contributed by atoms with Crippen molar-refractivity contribution in [2.75, 3.05) is 26.2 Å². The van der Waals surface area contributed by atoms with Crippen molar-refractivity contribution >= 4 is 29.2 Å². The number of fused-ring (bicyclic) bond motifs is 2. The second-order valence-electron chi connectivity index (χ2n) is 8.27. The molecule has 2 N–H and O–H groups in total. The summed E-state index contributed by atoms with van der Waals surface area (Å²) < 4.78 is 13.5. The number of hydrogen-bond acceptors (Lipinski definition) is 5. The number of ketones is 1. The van der Waals surface area contributed by atoms with E-state index in [1.165, 1.54) is 28.0 Å². The zero-order chi connectivity index (χ0) is 23.0. The molecule has 4 rings (SSSR count). The molecular weight excluding hydrogens is 439 g/mol. The van der Waals surface area contributed by atoms with E-state index in [2.05, 4.69) is 0 Å². The first-order valence-corrected chi connectivity index (χ1v) is 11.1. The quantitative estimate of drug-likeness (QED) is 0.716. The Kier molecular flexibility index (Phi) is 6.35. The maximum atomic E-state index is 13.5. The summed E-state index contributed by atoms with van der Waals surface area (Å²) in [7, 11) is 0. The summed E-state index contributed by atoms with van der Waals surface area (Å²) in [5.41, 5.74) is 1.17. The van der Waals surface area contributed by atoms with E-state index < -0.39 is 29.2 Å². The highest BCUT2D eigenvalue weighted by Crippen LogP contribution is 2.41. The van der Waals surface area contributed by atoms with Crippen LogP contribution < -0.4 is 0 Å². The molecule has 2 heterocycles. The Morgan fingerprint density at radius 3 is 2.59 bits per heavy atom. The monoisotopic (exact) mass is 462 g/mol. The maximum Gasteiger partial charge on any atom is 0.258 e. The molecule has 2 saturated heterocycles. The SMILES string of the molecule is O=C1C(O)=C2C(=O)N(Cc3ccc(F)c(Cl)c3)CCC2=C2C(=O)N(CCO)CCCCC12. The molecule has 170 valence electrons. The first kappa shape index (κ1) is 22.5. The fourth-order valence-corrected chi connectivity index (χ4v) is 4.93. The van der Waals surface area contributed by atoms with Crippen LogP contribution in [0.5, 0.6) is 0 Å². The van der Waals surface area contributed by atoms with Crippen LogP contribution in [-0.2, 0) is 20.9 Å². The van der Waals surface area contributed by atoms with Crippen LogP contribution in [0, 0.1) is 11.7 Å². The molecule has 2 aliphatic heterocycles. The molecule has 9 heteroatoms. The van der Waals surface area contributed by atoms with Gasteiger partial charge in [0.1, 0.15) is 5.82 Å². The van der Waals surface area contributed by atoms with Crippen molar-refractivity contribution in [3.8, 4) is 0 Å². The second kappa shape index (κ2) is 9.03. The third-order valence-corrected chi connectivity index (χ3v) is 6.60. The molecule has 0 radical (unpaired) electrons. The van der Waals surface area contributed by atoms with Gasteiger partial charge in [0.05, 0.1) is 23.1 Å². The highest BCUT2D eigenvalue weighted by molar-refractivity contribution is 6.30. The first-order chi connectivity index (χ1) is 15.3. The number of carbonyl (C=O) groups is 3. The lowest BCUT2D eigenvalue weighted by Gasteiger charge is -2.38. The average molecular weight is 463 g/mol. The van der Waals surface area contributed by atoms with Gasteiger partial charge in [-0.25, -0.2) is 4.39 Å². The Morgan fingerprint density at radius 2 is 1.88 bits per heavy atom. The average Bonchev–Trinajstić information content (AvgIpc) is 2.76. The Balaban J connectivity index is 1.70. The van der Waals surface area contributed by atoms with Gasteiger partial charge in [0.15, 0.2) is 5.76 Å². The molecule has 0 bridgehead atoms. The van der Waals surface area contributed by atoms with Gasteiger partial charge >= 0.3 is 0 Å². The van der Waals surface area contributed by atoms with E-state index in [1.807, 2.05) is 0 Å². The number of likely N-dealkylation sites (tertiary alicyclic amines) is 2. The van der Waals surface area contributed by atoms with Crippen LogP contribution in [0.25, 0.3) is 0 Å². The second-order valence-corrected chi connectivity index (χ2v) is 8.68. The minimum atomic E-state index is -0.780. The zero-order valence-electron chi connectivity index (χ0n) is 17.4. The van der Waals surface area contributed by atoms with Crippen LogP contribution in [0.3, 0.4) is 0 Å². The number of Topliss-reactive ketones (excluding diaryl/α,β-unsaturated/α-hetero) is 1. The molecule has 3 aliphatic rings. The van der Waals surface area contributed by atoms with E-state index in [0.29, 0.717) is 43.4 Å². The fraction of sp³-hybridized carbons (Fsp3) is 0.435. The predicted octanol–water partition coefficient (Wildman–Crippen LogP) is 2.52. The lowest BCUT2D eigenvalue weighted by molar-refractivity contribution is -0.133. The maximum absolute atomic E-state index is 13.5. The molecule has 7 nitrogen and oxygen atoms in total. The molecule has 1 aliphatic carbocycles. The number of aliphatic hydroxyl groups excluding tert-OH is 2. The van der Waals surface area contributed by atoms with Crippen LogP contribution in [0.2, 0.25) is 5.02 Å². The molecule has 1 aromatic carbocycles. The molecule has 1 aromatic rings. The number of piperidine rings is 1. The number of hydrogen-bond donors (Lipinski definition) is 2. The van der Waals surface area contributed by atoms with E-state index in [-0.39, 0.29) is 48.3 Å². The minimum absolute atomic E-state index is 0.0587. The van der Waals surface area contributed by atoms with Crippen LogP contribution >= 0.6 is 11.6 Å². The molecule has 1 unspecified atom stereocenters. The molecule has 1 atom stereocenters. The summed E-state index contributed by atoms with van der Waals surface area (Å²) in [5.74, 6) is -3.46. The molecule has 32 heavy (non-hydrogen) atoms. The number of nitrogens with zero attached hydrogens (tertiary/aromatic N) is 2. The van der Waals surface area contributed by atoms with Gasteiger partial charge in [-0.3, -0.25) is 14.4 Å². The number of benzene rings is 1. The van der Waals surface area contributed by atoms with Gasteiger partial charge in [-0.05, 0) is 42.5 Å². The fourth-order valence-electron chi connectivity index (χ4n) is 4.72. The molecule has 2 fully saturated rings. The zero-order valence-corrected chi connectivity index (χ0v) is 18.2. The smallest absolute Gasteiger partial charge is 0.258 e. The van der Waals surface area contributed by atoms with Crippen LogP contribution in [0.15, 0.2) is 40.7 Å². The van der Waals surface area contributed by atoms with Gasteiger partial charge in [0, 0.05) is 31.8 Å². The highest BCUT2D eigenvalue weighted by atomic mass is 35.5. The minimum Gasteiger partial charge on any atom is -0.504 e. The summed E-state index contributed by atoms with van der Waals surface area (Å²) in [6, 6.07) is 4.16. The lowest BCUT2D eigenvalue weighted by atomic mass is 9.74. The van der Waals surface area contributed by atoms with Gasteiger partial charge in [-0.1, -0.05) is 24.1 Å². The molecule has 0 spiro atoms. The number of carbonyl (C=O) groups excluding carboxylic acids is 3. The third-order valence-electron chi connectivity index (χ3n) is 6.31. The van der Waals surface area contributed by atoms with Gasteiger partial charge < -0.3 is 20.0 Å². The van der Waals surface area contributed by atoms with Crippen molar-refractivity contribution in [1.29, 1.82) is 0 Å². The number of amides is 2. The third kappa shape index (κ3) is 3.93. The lowest BCUT2D eigenvalue weighted by Crippen LogP contribution is -2.46. The normalized spacial score (nSPS) is 22.1.